The van der Waals surface area contributed by atoms with Gasteiger partial charge in [0.25, 0.3) is 0 Å². The number of hydrogen-bond acceptors (Lipinski definition) is 2. The van der Waals surface area contributed by atoms with E-state index in [4.69, 9.17) is 5.73 Å². The zero-order valence-corrected chi connectivity index (χ0v) is 10.3. The molecule has 0 spiro atoms. The number of aryl methyl sites for hydroxylation is 1. The quantitative estimate of drug-likeness (QED) is 0.806. The van der Waals surface area contributed by atoms with Crippen LogP contribution in [0, 0.1) is 18.7 Å². The van der Waals surface area contributed by atoms with E-state index in [1.54, 1.807) is 6.92 Å². The molecule has 0 bridgehead atoms. The normalized spacial score (nSPS) is 14.8. The van der Waals surface area contributed by atoms with Crippen LogP contribution in [0.3, 0.4) is 0 Å². The molecule has 0 aliphatic rings. The smallest absolute Gasteiger partial charge is 0.126 e. The SMILES string of the molecule is CNC(CC(C)CN)c1ccc(F)c(C)c1. The average molecular weight is 224 g/mol. The standard InChI is InChI=1S/C13H21FN2/c1-9(8-15)6-13(16-3)11-4-5-12(14)10(2)7-11/h4-5,7,9,13,16H,6,8,15H2,1-3H3. The lowest BCUT2D eigenvalue weighted by molar-refractivity contribution is 0.437. The summed E-state index contributed by atoms with van der Waals surface area (Å²) in [6, 6.07) is 5.52. The van der Waals surface area contributed by atoms with Crippen LogP contribution in [0.25, 0.3) is 0 Å². The van der Waals surface area contributed by atoms with E-state index in [9.17, 15) is 4.39 Å². The highest BCUT2D eigenvalue weighted by atomic mass is 19.1. The van der Waals surface area contributed by atoms with Gasteiger partial charge in [0, 0.05) is 6.04 Å². The summed E-state index contributed by atoms with van der Waals surface area (Å²) in [4.78, 5) is 0. The Morgan fingerprint density at radius 1 is 1.44 bits per heavy atom. The summed E-state index contributed by atoms with van der Waals surface area (Å²) in [6.45, 7) is 4.59. The minimum Gasteiger partial charge on any atom is -0.330 e. The van der Waals surface area contributed by atoms with E-state index < -0.39 is 0 Å². The van der Waals surface area contributed by atoms with Crippen molar-refractivity contribution in [2.24, 2.45) is 11.7 Å². The maximum Gasteiger partial charge on any atom is 0.126 e. The fraction of sp³-hybridized carbons (Fsp3) is 0.538. The molecule has 2 nitrogen and oxygen atoms in total. The van der Waals surface area contributed by atoms with Gasteiger partial charge in [-0.05, 0) is 50.0 Å². The van der Waals surface area contributed by atoms with Crippen LogP contribution in [-0.2, 0) is 0 Å². The first-order chi connectivity index (χ1) is 7.58. The van der Waals surface area contributed by atoms with Crippen LogP contribution in [0.5, 0.6) is 0 Å². The van der Waals surface area contributed by atoms with Gasteiger partial charge in [0.15, 0.2) is 0 Å². The van der Waals surface area contributed by atoms with Gasteiger partial charge in [-0.1, -0.05) is 19.1 Å². The van der Waals surface area contributed by atoms with Crippen molar-refractivity contribution in [1.29, 1.82) is 0 Å². The molecule has 3 heteroatoms. The summed E-state index contributed by atoms with van der Waals surface area (Å²) >= 11 is 0. The number of hydrogen-bond donors (Lipinski definition) is 2. The molecule has 0 fully saturated rings. The molecule has 0 saturated carbocycles. The molecule has 0 saturated heterocycles. The first-order valence-corrected chi connectivity index (χ1v) is 5.71. The van der Waals surface area contributed by atoms with Gasteiger partial charge in [0.1, 0.15) is 5.82 Å². The number of rotatable bonds is 5. The maximum absolute atomic E-state index is 13.2. The third-order valence-electron chi connectivity index (χ3n) is 2.97. The first kappa shape index (κ1) is 13.1. The molecule has 0 radical (unpaired) electrons. The third-order valence-corrected chi connectivity index (χ3v) is 2.97. The molecule has 1 aromatic rings. The van der Waals surface area contributed by atoms with E-state index in [-0.39, 0.29) is 11.9 Å². The molecule has 3 N–H and O–H groups in total. The molecule has 0 amide bonds. The van der Waals surface area contributed by atoms with Crippen molar-refractivity contribution in [2.75, 3.05) is 13.6 Å². The van der Waals surface area contributed by atoms with E-state index in [1.807, 2.05) is 19.2 Å². The van der Waals surface area contributed by atoms with Crippen LogP contribution in [0.15, 0.2) is 18.2 Å². The summed E-state index contributed by atoms with van der Waals surface area (Å²) < 4.78 is 13.2. The van der Waals surface area contributed by atoms with Crippen LogP contribution in [0.4, 0.5) is 4.39 Å². The van der Waals surface area contributed by atoms with Gasteiger partial charge < -0.3 is 11.1 Å². The first-order valence-electron chi connectivity index (χ1n) is 5.71. The molecular formula is C13H21FN2. The molecule has 0 aliphatic carbocycles. The molecule has 2 atom stereocenters. The number of benzene rings is 1. The minimum absolute atomic E-state index is 0.148. The summed E-state index contributed by atoms with van der Waals surface area (Å²) in [5.74, 6) is 0.313. The minimum atomic E-state index is -0.148. The van der Waals surface area contributed by atoms with Crippen molar-refractivity contribution in [3.63, 3.8) is 0 Å². The maximum atomic E-state index is 13.2. The zero-order valence-electron chi connectivity index (χ0n) is 10.3. The molecule has 2 unspecified atom stereocenters. The fourth-order valence-electron chi connectivity index (χ4n) is 1.80. The second-order valence-corrected chi connectivity index (χ2v) is 4.43. The summed E-state index contributed by atoms with van der Waals surface area (Å²) in [7, 11) is 1.92. The molecule has 90 valence electrons. The lowest BCUT2D eigenvalue weighted by atomic mass is 9.95. The highest BCUT2D eigenvalue weighted by molar-refractivity contribution is 5.26. The van der Waals surface area contributed by atoms with Crippen LogP contribution in [-0.4, -0.2) is 13.6 Å². The second kappa shape index (κ2) is 5.97. The van der Waals surface area contributed by atoms with Crippen LogP contribution >= 0.6 is 0 Å². The van der Waals surface area contributed by atoms with Gasteiger partial charge in [-0.25, -0.2) is 4.39 Å². The molecular weight excluding hydrogens is 203 g/mol. The number of nitrogens with two attached hydrogens (primary N) is 1. The Hall–Kier alpha value is -0.930. The van der Waals surface area contributed by atoms with Crippen LogP contribution < -0.4 is 11.1 Å². The Morgan fingerprint density at radius 2 is 2.12 bits per heavy atom. The monoisotopic (exact) mass is 224 g/mol. The fourth-order valence-corrected chi connectivity index (χ4v) is 1.80. The Kier molecular flexibility index (Phi) is 4.90. The Balaban J connectivity index is 2.82. The van der Waals surface area contributed by atoms with Crippen LogP contribution in [0.2, 0.25) is 0 Å². The van der Waals surface area contributed by atoms with E-state index in [0.717, 1.165) is 12.0 Å². The topological polar surface area (TPSA) is 38.0 Å². The highest BCUT2D eigenvalue weighted by Gasteiger charge is 2.13. The van der Waals surface area contributed by atoms with Gasteiger partial charge in [-0.3, -0.25) is 0 Å². The van der Waals surface area contributed by atoms with Crippen molar-refractivity contribution in [1.82, 2.24) is 5.32 Å². The van der Waals surface area contributed by atoms with Crippen LogP contribution in [0.1, 0.15) is 30.5 Å². The van der Waals surface area contributed by atoms with Crippen molar-refractivity contribution in [3.8, 4) is 0 Å². The summed E-state index contributed by atoms with van der Waals surface area (Å²) in [5.41, 5.74) is 7.44. The Bertz CT molecular complexity index is 339. The predicted molar refractivity (Wildman–Crippen MR) is 65.8 cm³/mol. The van der Waals surface area contributed by atoms with Crippen molar-refractivity contribution >= 4 is 0 Å². The molecule has 0 heterocycles. The average Bonchev–Trinajstić information content (AvgIpc) is 2.29. The Labute approximate surface area is 97.0 Å². The molecule has 0 aliphatic heterocycles. The molecule has 0 aromatic heterocycles. The second-order valence-electron chi connectivity index (χ2n) is 4.43. The zero-order chi connectivity index (χ0) is 12.1. The van der Waals surface area contributed by atoms with E-state index >= 15 is 0 Å². The van der Waals surface area contributed by atoms with Gasteiger partial charge >= 0.3 is 0 Å². The van der Waals surface area contributed by atoms with Gasteiger partial charge in [-0.15, -0.1) is 0 Å². The van der Waals surface area contributed by atoms with E-state index in [0.29, 0.717) is 18.0 Å². The molecule has 1 aromatic carbocycles. The van der Waals surface area contributed by atoms with Crippen molar-refractivity contribution in [3.05, 3.63) is 35.1 Å². The largest absolute Gasteiger partial charge is 0.330 e. The predicted octanol–water partition coefficient (Wildman–Crippen LogP) is 2.38. The highest BCUT2D eigenvalue weighted by Crippen LogP contribution is 2.22. The number of halogens is 1. The van der Waals surface area contributed by atoms with Crippen molar-refractivity contribution < 1.29 is 4.39 Å². The molecule has 16 heavy (non-hydrogen) atoms. The van der Waals surface area contributed by atoms with E-state index in [1.165, 1.54) is 6.07 Å². The third kappa shape index (κ3) is 3.29. The van der Waals surface area contributed by atoms with Crippen molar-refractivity contribution in [2.45, 2.75) is 26.3 Å². The molecule has 1 rings (SSSR count). The number of nitrogens with one attached hydrogen (secondary N) is 1. The van der Waals surface area contributed by atoms with Gasteiger partial charge in [0.05, 0.1) is 0 Å². The summed E-state index contributed by atoms with van der Waals surface area (Å²) in [6.07, 6.45) is 0.970. The van der Waals surface area contributed by atoms with Gasteiger partial charge in [0.2, 0.25) is 0 Å². The Morgan fingerprint density at radius 3 is 2.62 bits per heavy atom. The van der Waals surface area contributed by atoms with E-state index in [2.05, 4.69) is 12.2 Å². The van der Waals surface area contributed by atoms with Gasteiger partial charge in [-0.2, -0.15) is 0 Å². The lowest BCUT2D eigenvalue weighted by Crippen LogP contribution is -2.22. The summed E-state index contributed by atoms with van der Waals surface area (Å²) in [5, 5.41) is 3.25. The lowest BCUT2D eigenvalue weighted by Gasteiger charge is -2.20.